The van der Waals surface area contributed by atoms with Gasteiger partial charge in [0.25, 0.3) is 0 Å². The van der Waals surface area contributed by atoms with E-state index in [2.05, 4.69) is 14.9 Å². The van der Waals surface area contributed by atoms with Crippen LogP contribution in [0.3, 0.4) is 0 Å². The Balaban J connectivity index is 1.39. The van der Waals surface area contributed by atoms with Gasteiger partial charge < -0.3 is 14.2 Å². The largest absolute Gasteiger partial charge is 0.465 e. The number of benzene rings is 1. The Morgan fingerprint density at radius 1 is 1.00 bits per heavy atom. The fourth-order valence-electron chi connectivity index (χ4n) is 3.09. The maximum atomic E-state index is 12.3. The fourth-order valence-corrected chi connectivity index (χ4v) is 3.09. The summed E-state index contributed by atoms with van der Waals surface area (Å²) in [5.74, 6) is 1.57. The van der Waals surface area contributed by atoms with Crippen LogP contribution in [-0.2, 0) is 4.79 Å². The zero-order valence-electron chi connectivity index (χ0n) is 14.9. The van der Waals surface area contributed by atoms with Crippen molar-refractivity contribution in [2.24, 2.45) is 0 Å². The van der Waals surface area contributed by atoms with E-state index >= 15 is 0 Å². The zero-order chi connectivity index (χ0) is 18.5. The summed E-state index contributed by atoms with van der Waals surface area (Å²) in [4.78, 5) is 25.1. The molecule has 3 aromatic rings. The predicted molar refractivity (Wildman–Crippen MR) is 104 cm³/mol. The van der Waals surface area contributed by atoms with E-state index in [4.69, 9.17) is 4.42 Å². The van der Waals surface area contributed by atoms with E-state index in [0.717, 1.165) is 30.2 Å². The minimum atomic E-state index is -0.00119. The van der Waals surface area contributed by atoms with E-state index in [-0.39, 0.29) is 5.91 Å². The van der Waals surface area contributed by atoms with Crippen LogP contribution in [0, 0.1) is 0 Å². The summed E-state index contributed by atoms with van der Waals surface area (Å²) in [6.07, 6.45) is 6.45. The SMILES string of the molecule is O=C(/C=C/c1ccco1)N1CCN(c2cc(-c3ccccc3)ncn2)CC1. The molecule has 1 aliphatic rings. The van der Waals surface area contributed by atoms with Gasteiger partial charge >= 0.3 is 0 Å². The molecule has 0 atom stereocenters. The van der Waals surface area contributed by atoms with E-state index in [1.807, 2.05) is 47.4 Å². The number of rotatable bonds is 4. The van der Waals surface area contributed by atoms with E-state index < -0.39 is 0 Å². The molecule has 2 aromatic heterocycles. The molecular weight excluding hydrogens is 340 g/mol. The molecule has 27 heavy (non-hydrogen) atoms. The number of piperazine rings is 1. The Bertz CT molecular complexity index is 914. The van der Waals surface area contributed by atoms with Crippen molar-refractivity contribution < 1.29 is 9.21 Å². The second-order valence-corrected chi connectivity index (χ2v) is 6.29. The van der Waals surface area contributed by atoms with E-state index in [1.54, 1.807) is 30.8 Å². The lowest BCUT2D eigenvalue weighted by Crippen LogP contribution is -2.48. The number of amides is 1. The van der Waals surface area contributed by atoms with Crippen molar-refractivity contribution in [1.82, 2.24) is 14.9 Å². The summed E-state index contributed by atoms with van der Waals surface area (Å²) < 4.78 is 5.21. The Labute approximate surface area is 157 Å². The molecule has 1 fully saturated rings. The second kappa shape index (κ2) is 7.86. The normalized spacial score (nSPS) is 14.7. The summed E-state index contributed by atoms with van der Waals surface area (Å²) in [7, 11) is 0. The molecule has 1 amide bonds. The predicted octanol–water partition coefficient (Wildman–Crippen LogP) is 3.10. The maximum absolute atomic E-state index is 12.3. The smallest absolute Gasteiger partial charge is 0.246 e. The van der Waals surface area contributed by atoms with E-state index in [9.17, 15) is 4.79 Å². The van der Waals surface area contributed by atoms with Crippen LogP contribution in [0.25, 0.3) is 17.3 Å². The number of furan rings is 1. The van der Waals surface area contributed by atoms with Crippen LogP contribution in [0.15, 0.2) is 71.6 Å². The van der Waals surface area contributed by atoms with Crippen LogP contribution < -0.4 is 4.90 Å². The average molecular weight is 360 g/mol. The lowest BCUT2D eigenvalue weighted by molar-refractivity contribution is -0.126. The average Bonchev–Trinajstić information content (AvgIpc) is 3.27. The van der Waals surface area contributed by atoms with Crippen molar-refractivity contribution in [2.45, 2.75) is 0 Å². The summed E-state index contributed by atoms with van der Waals surface area (Å²) in [6.45, 7) is 2.80. The summed E-state index contributed by atoms with van der Waals surface area (Å²) in [5.41, 5.74) is 1.97. The number of hydrogen-bond acceptors (Lipinski definition) is 5. The lowest BCUT2D eigenvalue weighted by atomic mass is 10.1. The first-order valence-corrected chi connectivity index (χ1v) is 8.92. The highest BCUT2D eigenvalue weighted by Crippen LogP contribution is 2.21. The third kappa shape index (κ3) is 4.06. The Hall–Kier alpha value is -3.41. The molecule has 136 valence electrons. The molecule has 0 N–H and O–H groups in total. The summed E-state index contributed by atoms with van der Waals surface area (Å²) in [5, 5.41) is 0. The molecule has 0 spiro atoms. The van der Waals surface area contributed by atoms with E-state index in [0.29, 0.717) is 18.8 Å². The van der Waals surface area contributed by atoms with Crippen LogP contribution in [-0.4, -0.2) is 47.0 Å². The van der Waals surface area contributed by atoms with Crippen LogP contribution >= 0.6 is 0 Å². The highest BCUT2D eigenvalue weighted by molar-refractivity contribution is 5.91. The molecule has 0 aliphatic carbocycles. The number of carbonyl (C=O) groups is 1. The van der Waals surface area contributed by atoms with Gasteiger partial charge in [0, 0.05) is 43.9 Å². The second-order valence-electron chi connectivity index (χ2n) is 6.29. The van der Waals surface area contributed by atoms with Gasteiger partial charge in [-0.15, -0.1) is 0 Å². The number of carbonyl (C=O) groups excluding carboxylic acids is 1. The van der Waals surface area contributed by atoms with Crippen LogP contribution in [0.5, 0.6) is 0 Å². The van der Waals surface area contributed by atoms with Gasteiger partial charge in [0.1, 0.15) is 17.9 Å². The van der Waals surface area contributed by atoms with Gasteiger partial charge in [-0.05, 0) is 18.2 Å². The first kappa shape index (κ1) is 17.0. The molecule has 1 saturated heterocycles. The highest BCUT2D eigenvalue weighted by Gasteiger charge is 2.21. The fraction of sp³-hybridized carbons (Fsp3) is 0.190. The van der Waals surface area contributed by atoms with Gasteiger partial charge in [-0.25, -0.2) is 9.97 Å². The Morgan fingerprint density at radius 2 is 1.81 bits per heavy atom. The molecule has 4 rings (SSSR count). The molecule has 1 aromatic carbocycles. The number of anilines is 1. The van der Waals surface area contributed by atoms with Gasteiger partial charge in [-0.1, -0.05) is 30.3 Å². The molecule has 6 nitrogen and oxygen atoms in total. The van der Waals surface area contributed by atoms with Gasteiger partial charge in [0.05, 0.1) is 12.0 Å². The number of hydrogen-bond donors (Lipinski definition) is 0. The molecule has 0 unspecified atom stereocenters. The monoisotopic (exact) mass is 360 g/mol. The first-order valence-electron chi connectivity index (χ1n) is 8.92. The van der Waals surface area contributed by atoms with Crippen molar-refractivity contribution in [3.63, 3.8) is 0 Å². The van der Waals surface area contributed by atoms with Crippen molar-refractivity contribution in [1.29, 1.82) is 0 Å². The highest BCUT2D eigenvalue weighted by atomic mass is 16.3. The number of nitrogens with zero attached hydrogens (tertiary/aromatic N) is 4. The minimum absolute atomic E-state index is 0.00119. The van der Waals surface area contributed by atoms with Gasteiger partial charge in [0.2, 0.25) is 5.91 Å². The molecular formula is C21H20N4O2. The van der Waals surface area contributed by atoms with Crippen LogP contribution in [0.1, 0.15) is 5.76 Å². The zero-order valence-corrected chi connectivity index (χ0v) is 14.9. The Morgan fingerprint density at radius 3 is 2.56 bits per heavy atom. The lowest BCUT2D eigenvalue weighted by Gasteiger charge is -2.35. The van der Waals surface area contributed by atoms with Crippen molar-refractivity contribution >= 4 is 17.8 Å². The molecule has 6 heteroatoms. The van der Waals surface area contributed by atoms with Gasteiger partial charge in [0.15, 0.2) is 0 Å². The molecule has 3 heterocycles. The summed E-state index contributed by atoms with van der Waals surface area (Å²) >= 11 is 0. The molecule has 1 aliphatic heterocycles. The van der Waals surface area contributed by atoms with Crippen molar-refractivity contribution in [2.75, 3.05) is 31.1 Å². The van der Waals surface area contributed by atoms with Gasteiger partial charge in [-0.2, -0.15) is 0 Å². The third-order valence-electron chi connectivity index (χ3n) is 4.57. The molecule has 0 bridgehead atoms. The molecule has 0 saturated carbocycles. The number of aromatic nitrogens is 2. The first-order chi connectivity index (χ1) is 13.3. The standard InChI is InChI=1S/C21H20N4O2/c26-21(9-8-18-7-4-14-27-18)25-12-10-24(11-13-25)20-15-19(22-16-23-20)17-5-2-1-3-6-17/h1-9,14-16H,10-13H2/b9-8+. The maximum Gasteiger partial charge on any atom is 0.246 e. The molecule has 0 radical (unpaired) electrons. The topological polar surface area (TPSA) is 62.5 Å². The van der Waals surface area contributed by atoms with Crippen molar-refractivity contribution in [3.8, 4) is 11.3 Å². The van der Waals surface area contributed by atoms with Gasteiger partial charge in [-0.3, -0.25) is 4.79 Å². The quantitative estimate of drug-likeness (QED) is 0.669. The van der Waals surface area contributed by atoms with Crippen LogP contribution in [0.4, 0.5) is 5.82 Å². The minimum Gasteiger partial charge on any atom is -0.465 e. The third-order valence-corrected chi connectivity index (χ3v) is 4.57. The van der Waals surface area contributed by atoms with E-state index in [1.165, 1.54) is 0 Å². The summed E-state index contributed by atoms with van der Waals surface area (Å²) in [6, 6.07) is 15.7. The Kier molecular flexibility index (Phi) is 4.96. The van der Waals surface area contributed by atoms with Crippen LogP contribution in [0.2, 0.25) is 0 Å². The van der Waals surface area contributed by atoms with Crippen molar-refractivity contribution in [3.05, 3.63) is 73.0 Å².